The van der Waals surface area contributed by atoms with Gasteiger partial charge in [-0.1, -0.05) is 140 Å². The lowest BCUT2D eigenvalue weighted by Gasteiger charge is -2.28. The Balaban J connectivity index is 1.09. The zero-order valence-corrected chi connectivity index (χ0v) is 30.6. The number of anilines is 3. The summed E-state index contributed by atoms with van der Waals surface area (Å²) >= 11 is 1.86. The van der Waals surface area contributed by atoms with Crippen molar-refractivity contribution < 1.29 is 4.42 Å². The van der Waals surface area contributed by atoms with E-state index in [2.05, 4.69) is 205 Å². The molecular weight excluding hydrogens is 687 g/mol. The largest absolute Gasteiger partial charge is 0.455 e. The summed E-state index contributed by atoms with van der Waals surface area (Å²) in [6, 6.07) is 72.2. The van der Waals surface area contributed by atoms with Gasteiger partial charge < -0.3 is 9.32 Å². The van der Waals surface area contributed by atoms with E-state index in [1.165, 1.54) is 47.8 Å². The molecule has 2 nitrogen and oxygen atoms in total. The monoisotopic (exact) mass is 719 g/mol. The summed E-state index contributed by atoms with van der Waals surface area (Å²) in [5, 5.41) is 7.17. The van der Waals surface area contributed by atoms with Crippen molar-refractivity contribution in [3.63, 3.8) is 0 Å². The first-order chi connectivity index (χ1) is 27.3. The van der Waals surface area contributed by atoms with E-state index in [4.69, 9.17) is 4.42 Å². The molecule has 0 spiro atoms. The number of benzene rings is 9. The molecule has 2 heterocycles. The first kappa shape index (κ1) is 31.6. The standard InChI is InChI=1S/C52H33NOS/c1-2-12-34(13-3-1)37-15-10-16-40(32-37)53(39-28-24-35(25-29-39)38-27-31-50-46(33-38)43-19-7-9-23-49(43)55-50)47-21-8-6-18-42(47)44-20-11-22-48-51(44)45-30-26-36-14-4-5-17-41(36)52(45)54-48/h1-33H. The SMILES string of the molecule is c1ccc(-c2cccc(N(c3ccc(-c4ccc5sc6ccccc6c5c4)cc3)c3ccccc3-c3cccc4oc5c6ccccc6ccc5c34)c2)cc1. The van der Waals surface area contributed by atoms with Crippen LogP contribution in [-0.4, -0.2) is 0 Å². The molecule has 0 bridgehead atoms. The lowest BCUT2D eigenvalue weighted by molar-refractivity contribution is 0.673. The zero-order valence-electron chi connectivity index (χ0n) is 29.8. The van der Waals surface area contributed by atoms with Gasteiger partial charge in [0, 0.05) is 53.3 Å². The van der Waals surface area contributed by atoms with Gasteiger partial charge in [0.25, 0.3) is 0 Å². The van der Waals surface area contributed by atoms with Gasteiger partial charge in [0.2, 0.25) is 0 Å². The number of para-hydroxylation sites is 1. The normalized spacial score (nSPS) is 11.6. The van der Waals surface area contributed by atoms with Crippen molar-refractivity contribution in [1.82, 2.24) is 0 Å². The fourth-order valence-electron chi connectivity index (χ4n) is 8.27. The second kappa shape index (κ2) is 12.9. The van der Waals surface area contributed by atoms with Crippen LogP contribution in [0.5, 0.6) is 0 Å². The van der Waals surface area contributed by atoms with Crippen molar-refractivity contribution in [2.45, 2.75) is 0 Å². The van der Waals surface area contributed by atoms with Crippen molar-refractivity contribution in [2.75, 3.05) is 4.90 Å². The van der Waals surface area contributed by atoms with Crippen molar-refractivity contribution in [1.29, 1.82) is 0 Å². The predicted molar refractivity (Wildman–Crippen MR) is 235 cm³/mol. The smallest absolute Gasteiger partial charge is 0.143 e. The summed E-state index contributed by atoms with van der Waals surface area (Å²) in [5.41, 5.74) is 12.1. The first-order valence-corrected chi connectivity index (χ1v) is 19.5. The summed E-state index contributed by atoms with van der Waals surface area (Å²) in [7, 11) is 0. The van der Waals surface area contributed by atoms with Gasteiger partial charge in [-0.2, -0.15) is 0 Å². The molecule has 11 rings (SSSR count). The van der Waals surface area contributed by atoms with E-state index in [0.717, 1.165) is 55.5 Å². The zero-order chi connectivity index (χ0) is 36.3. The molecule has 0 amide bonds. The molecule has 3 heteroatoms. The van der Waals surface area contributed by atoms with Crippen LogP contribution in [0.3, 0.4) is 0 Å². The summed E-state index contributed by atoms with van der Waals surface area (Å²) in [5.74, 6) is 0. The third kappa shape index (κ3) is 5.32. The van der Waals surface area contributed by atoms with Crippen molar-refractivity contribution in [3.05, 3.63) is 200 Å². The molecule has 258 valence electrons. The maximum Gasteiger partial charge on any atom is 0.143 e. The number of fused-ring (bicyclic) bond motifs is 8. The van der Waals surface area contributed by atoms with Crippen LogP contribution in [0.25, 0.3) is 86.3 Å². The Kier molecular flexibility index (Phi) is 7.39. The highest BCUT2D eigenvalue weighted by atomic mass is 32.1. The van der Waals surface area contributed by atoms with Crippen LogP contribution in [-0.2, 0) is 0 Å². The van der Waals surface area contributed by atoms with E-state index in [9.17, 15) is 0 Å². The van der Waals surface area contributed by atoms with E-state index in [1.54, 1.807) is 0 Å². The topological polar surface area (TPSA) is 16.4 Å². The molecule has 0 atom stereocenters. The highest BCUT2D eigenvalue weighted by molar-refractivity contribution is 7.25. The van der Waals surface area contributed by atoms with Crippen LogP contribution >= 0.6 is 11.3 Å². The van der Waals surface area contributed by atoms with Crippen LogP contribution in [0.4, 0.5) is 17.1 Å². The minimum atomic E-state index is 0.885. The summed E-state index contributed by atoms with van der Waals surface area (Å²) in [6.07, 6.45) is 0. The van der Waals surface area contributed by atoms with E-state index in [1.807, 2.05) is 11.3 Å². The van der Waals surface area contributed by atoms with Crippen molar-refractivity contribution in [3.8, 4) is 33.4 Å². The van der Waals surface area contributed by atoms with E-state index in [-0.39, 0.29) is 0 Å². The van der Waals surface area contributed by atoms with Crippen LogP contribution < -0.4 is 4.90 Å². The molecule has 0 aliphatic heterocycles. The van der Waals surface area contributed by atoms with Gasteiger partial charge in [0.15, 0.2) is 0 Å². The lowest BCUT2D eigenvalue weighted by Crippen LogP contribution is -2.11. The molecule has 9 aromatic carbocycles. The summed E-state index contributed by atoms with van der Waals surface area (Å²) in [6.45, 7) is 0. The number of hydrogen-bond donors (Lipinski definition) is 0. The van der Waals surface area contributed by atoms with Crippen LogP contribution in [0, 0.1) is 0 Å². The second-order valence-corrected chi connectivity index (χ2v) is 15.2. The third-order valence-electron chi connectivity index (χ3n) is 10.9. The molecule has 0 aliphatic rings. The van der Waals surface area contributed by atoms with Gasteiger partial charge >= 0.3 is 0 Å². The van der Waals surface area contributed by atoms with Gasteiger partial charge in [0.05, 0.1) is 5.69 Å². The van der Waals surface area contributed by atoms with Gasteiger partial charge in [0.1, 0.15) is 11.2 Å². The predicted octanol–water partition coefficient (Wildman–Crippen LogP) is 15.6. The maximum absolute atomic E-state index is 6.65. The van der Waals surface area contributed by atoms with Gasteiger partial charge in [-0.05, 0) is 93.9 Å². The highest BCUT2D eigenvalue weighted by Gasteiger charge is 2.21. The summed E-state index contributed by atoms with van der Waals surface area (Å²) in [4.78, 5) is 2.40. The molecule has 11 aromatic rings. The minimum Gasteiger partial charge on any atom is -0.455 e. The molecule has 0 fully saturated rings. The first-order valence-electron chi connectivity index (χ1n) is 18.7. The molecule has 0 saturated carbocycles. The van der Waals surface area contributed by atoms with E-state index < -0.39 is 0 Å². The minimum absolute atomic E-state index is 0.885. The second-order valence-electron chi connectivity index (χ2n) is 14.1. The molecule has 0 unspecified atom stereocenters. The molecular formula is C52H33NOS. The fourth-order valence-corrected chi connectivity index (χ4v) is 9.35. The third-order valence-corrected chi connectivity index (χ3v) is 12.0. The number of nitrogens with zero attached hydrogens (tertiary/aromatic N) is 1. The Bertz CT molecular complexity index is 3210. The van der Waals surface area contributed by atoms with Crippen molar-refractivity contribution in [2.24, 2.45) is 0 Å². The molecule has 0 radical (unpaired) electrons. The van der Waals surface area contributed by atoms with Crippen LogP contribution in [0.15, 0.2) is 205 Å². The Hall–Kier alpha value is -6.94. The van der Waals surface area contributed by atoms with Gasteiger partial charge in [-0.25, -0.2) is 0 Å². The van der Waals surface area contributed by atoms with Gasteiger partial charge in [-0.15, -0.1) is 11.3 Å². The quantitative estimate of drug-likeness (QED) is 0.170. The fraction of sp³-hybridized carbons (Fsp3) is 0. The van der Waals surface area contributed by atoms with E-state index in [0.29, 0.717) is 0 Å². The average Bonchev–Trinajstić information content (AvgIpc) is 3.83. The lowest BCUT2D eigenvalue weighted by atomic mass is 9.95. The average molecular weight is 720 g/mol. The Morgan fingerprint density at radius 3 is 1.96 bits per heavy atom. The number of thiophene rings is 1. The van der Waals surface area contributed by atoms with E-state index >= 15 is 0 Å². The highest BCUT2D eigenvalue weighted by Crippen LogP contribution is 2.46. The number of furan rings is 1. The van der Waals surface area contributed by atoms with Crippen LogP contribution in [0.2, 0.25) is 0 Å². The van der Waals surface area contributed by atoms with Crippen molar-refractivity contribution >= 4 is 81.3 Å². The molecule has 55 heavy (non-hydrogen) atoms. The number of hydrogen-bond acceptors (Lipinski definition) is 3. The molecule has 0 saturated heterocycles. The molecule has 0 aliphatic carbocycles. The Morgan fingerprint density at radius 1 is 0.382 bits per heavy atom. The Morgan fingerprint density at radius 2 is 1.05 bits per heavy atom. The maximum atomic E-state index is 6.65. The Labute approximate surface area is 322 Å². The van der Waals surface area contributed by atoms with Crippen LogP contribution in [0.1, 0.15) is 0 Å². The molecule has 0 N–H and O–H groups in total. The molecule has 2 aromatic heterocycles. The van der Waals surface area contributed by atoms with Gasteiger partial charge in [-0.3, -0.25) is 0 Å². The number of rotatable bonds is 6. The summed E-state index contributed by atoms with van der Waals surface area (Å²) < 4.78 is 9.29.